The molecule has 0 bridgehead atoms. The molecule has 2 N–H and O–H groups in total. The summed E-state index contributed by atoms with van der Waals surface area (Å²) in [5.74, 6) is 1.34. The molecule has 0 saturated carbocycles. The summed E-state index contributed by atoms with van der Waals surface area (Å²) in [7, 11) is 3.13. The molecule has 0 aromatic heterocycles. The Bertz CT molecular complexity index is 894. The highest BCUT2D eigenvalue weighted by Gasteiger charge is 2.28. The molecule has 1 atom stereocenters. The third kappa shape index (κ3) is 5.84. The zero-order valence-electron chi connectivity index (χ0n) is 18.8. The summed E-state index contributed by atoms with van der Waals surface area (Å²) in [6, 6.07) is 12.8. The molecular formula is C24H31N3O5. The van der Waals surface area contributed by atoms with E-state index in [0.717, 1.165) is 24.1 Å². The molecule has 32 heavy (non-hydrogen) atoms. The summed E-state index contributed by atoms with van der Waals surface area (Å²) in [6.45, 7) is 3.68. The van der Waals surface area contributed by atoms with E-state index in [4.69, 9.17) is 14.2 Å². The summed E-state index contributed by atoms with van der Waals surface area (Å²) in [6.07, 6.45) is 1.54. The van der Waals surface area contributed by atoms with Crippen molar-refractivity contribution in [3.63, 3.8) is 0 Å². The number of urea groups is 1. The fourth-order valence-corrected chi connectivity index (χ4v) is 3.75. The molecule has 0 spiro atoms. The molecule has 8 nitrogen and oxygen atoms in total. The molecule has 3 rings (SSSR count). The Hall–Kier alpha value is -3.42. The zero-order valence-corrected chi connectivity index (χ0v) is 18.8. The number of nitrogens with one attached hydrogen (secondary N) is 2. The van der Waals surface area contributed by atoms with Crippen molar-refractivity contribution in [2.45, 2.75) is 26.3 Å². The van der Waals surface area contributed by atoms with Gasteiger partial charge in [0.25, 0.3) is 0 Å². The van der Waals surface area contributed by atoms with Crippen molar-refractivity contribution in [1.82, 2.24) is 10.2 Å². The first-order valence-electron chi connectivity index (χ1n) is 10.8. The molecule has 1 heterocycles. The van der Waals surface area contributed by atoms with Crippen LogP contribution in [0.4, 0.5) is 10.5 Å². The molecule has 2 aromatic carbocycles. The van der Waals surface area contributed by atoms with E-state index in [0.29, 0.717) is 43.5 Å². The van der Waals surface area contributed by atoms with Gasteiger partial charge < -0.3 is 29.7 Å². The molecule has 1 aliphatic heterocycles. The fraction of sp³-hybridized carbons (Fsp3) is 0.417. The van der Waals surface area contributed by atoms with Crippen molar-refractivity contribution in [3.8, 4) is 17.2 Å². The van der Waals surface area contributed by atoms with E-state index in [9.17, 15) is 9.59 Å². The van der Waals surface area contributed by atoms with E-state index in [2.05, 4.69) is 10.6 Å². The minimum atomic E-state index is -0.236. The maximum atomic E-state index is 12.8. The predicted octanol–water partition coefficient (Wildman–Crippen LogP) is 3.66. The lowest BCUT2D eigenvalue weighted by Crippen LogP contribution is -2.47. The van der Waals surface area contributed by atoms with Crippen molar-refractivity contribution in [2.24, 2.45) is 5.92 Å². The lowest BCUT2D eigenvalue weighted by Gasteiger charge is -2.32. The number of carbonyl (C=O) groups is 2. The predicted molar refractivity (Wildman–Crippen MR) is 122 cm³/mol. The van der Waals surface area contributed by atoms with Gasteiger partial charge in [-0.25, -0.2) is 4.79 Å². The Morgan fingerprint density at radius 1 is 1.09 bits per heavy atom. The standard InChI is InChI=1S/C24H31N3O5/c1-4-32-22-20(30-2)13-17(14-21(22)31-3)15-25-24(29)27-12-8-9-18(16-27)23(28)26-19-10-6-5-7-11-19/h5-7,10-11,13-14,18H,4,8-9,12,15-16H2,1-3H3,(H,25,29)(H,26,28). The number of nitrogens with zero attached hydrogens (tertiary/aromatic N) is 1. The smallest absolute Gasteiger partial charge is 0.317 e. The van der Waals surface area contributed by atoms with Crippen LogP contribution in [-0.4, -0.2) is 50.8 Å². The molecule has 2 aromatic rings. The van der Waals surface area contributed by atoms with Crippen molar-refractivity contribution in [1.29, 1.82) is 0 Å². The summed E-state index contributed by atoms with van der Waals surface area (Å²) in [4.78, 5) is 27.1. The van der Waals surface area contributed by atoms with Gasteiger partial charge in [-0.05, 0) is 49.6 Å². The van der Waals surface area contributed by atoms with Crippen LogP contribution in [0.15, 0.2) is 42.5 Å². The third-order valence-corrected chi connectivity index (χ3v) is 5.37. The third-order valence-electron chi connectivity index (χ3n) is 5.37. The number of rotatable bonds is 8. The van der Waals surface area contributed by atoms with Gasteiger partial charge in [-0.2, -0.15) is 0 Å². The molecule has 1 aliphatic rings. The van der Waals surface area contributed by atoms with E-state index in [-0.39, 0.29) is 17.9 Å². The molecule has 8 heteroatoms. The number of ether oxygens (including phenoxy) is 3. The molecule has 0 radical (unpaired) electrons. The number of anilines is 1. The highest BCUT2D eigenvalue weighted by atomic mass is 16.5. The summed E-state index contributed by atoms with van der Waals surface area (Å²) in [5, 5.41) is 5.87. The molecular weight excluding hydrogens is 410 g/mol. The van der Waals surface area contributed by atoms with Crippen molar-refractivity contribution in [3.05, 3.63) is 48.0 Å². The second kappa shape index (κ2) is 11.3. The molecule has 3 amide bonds. The van der Waals surface area contributed by atoms with Gasteiger partial charge in [0.15, 0.2) is 11.5 Å². The van der Waals surface area contributed by atoms with Crippen LogP contribution in [0, 0.1) is 5.92 Å². The minimum Gasteiger partial charge on any atom is -0.493 e. The van der Waals surface area contributed by atoms with E-state index >= 15 is 0 Å². The fourth-order valence-electron chi connectivity index (χ4n) is 3.75. The van der Waals surface area contributed by atoms with Gasteiger partial charge in [-0.3, -0.25) is 4.79 Å². The van der Waals surface area contributed by atoms with Gasteiger partial charge in [-0.1, -0.05) is 18.2 Å². The summed E-state index contributed by atoms with van der Waals surface area (Å²) < 4.78 is 16.5. The van der Waals surface area contributed by atoms with E-state index in [1.54, 1.807) is 19.1 Å². The number of benzene rings is 2. The molecule has 1 unspecified atom stereocenters. The number of likely N-dealkylation sites (tertiary alicyclic amines) is 1. The normalized spacial score (nSPS) is 15.6. The van der Waals surface area contributed by atoms with Crippen molar-refractivity contribution < 1.29 is 23.8 Å². The van der Waals surface area contributed by atoms with Gasteiger partial charge in [0.05, 0.1) is 26.7 Å². The maximum absolute atomic E-state index is 12.8. The first-order valence-corrected chi connectivity index (χ1v) is 10.8. The molecule has 172 valence electrons. The second-order valence-electron chi connectivity index (χ2n) is 7.56. The van der Waals surface area contributed by atoms with Gasteiger partial charge >= 0.3 is 6.03 Å². The maximum Gasteiger partial charge on any atom is 0.317 e. The van der Waals surface area contributed by atoms with Crippen LogP contribution in [0.3, 0.4) is 0 Å². The number of methoxy groups -OCH3 is 2. The quantitative estimate of drug-likeness (QED) is 0.653. The highest BCUT2D eigenvalue weighted by Crippen LogP contribution is 2.38. The van der Waals surface area contributed by atoms with Crippen LogP contribution in [0.2, 0.25) is 0 Å². The Kier molecular flexibility index (Phi) is 8.19. The topological polar surface area (TPSA) is 89.1 Å². The van der Waals surface area contributed by atoms with Crippen LogP contribution in [0.1, 0.15) is 25.3 Å². The van der Waals surface area contributed by atoms with Gasteiger partial charge in [-0.15, -0.1) is 0 Å². The van der Waals surface area contributed by atoms with E-state index in [1.807, 2.05) is 49.4 Å². The first-order chi connectivity index (χ1) is 15.5. The second-order valence-corrected chi connectivity index (χ2v) is 7.56. The van der Waals surface area contributed by atoms with Gasteiger partial charge in [0, 0.05) is 25.3 Å². The number of para-hydroxylation sites is 1. The van der Waals surface area contributed by atoms with Crippen LogP contribution in [0.25, 0.3) is 0 Å². The van der Waals surface area contributed by atoms with Crippen LogP contribution in [0.5, 0.6) is 17.2 Å². The number of carbonyl (C=O) groups excluding carboxylic acids is 2. The van der Waals surface area contributed by atoms with Crippen LogP contribution in [-0.2, 0) is 11.3 Å². The Balaban J connectivity index is 1.59. The number of piperidine rings is 1. The Morgan fingerprint density at radius 2 is 1.78 bits per heavy atom. The number of amides is 3. The average Bonchev–Trinajstić information content (AvgIpc) is 2.83. The lowest BCUT2D eigenvalue weighted by molar-refractivity contribution is -0.121. The van der Waals surface area contributed by atoms with Crippen LogP contribution < -0.4 is 24.8 Å². The first kappa shape index (κ1) is 23.2. The van der Waals surface area contributed by atoms with E-state index < -0.39 is 0 Å². The Labute approximate surface area is 188 Å². The van der Waals surface area contributed by atoms with E-state index in [1.165, 1.54) is 0 Å². The van der Waals surface area contributed by atoms with Crippen molar-refractivity contribution in [2.75, 3.05) is 39.2 Å². The molecule has 1 saturated heterocycles. The number of hydrogen-bond acceptors (Lipinski definition) is 5. The number of hydrogen-bond donors (Lipinski definition) is 2. The summed E-state index contributed by atoms with van der Waals surface area (Å²) in [5.41, 5.74) is 1.59. The SMILES string of the molecule is CCOc1c(OC)cc(CNC(=O)N2CCCC(C(=O)Nc3ccccc3)C2)cc1OC. The minimum absolute atomic E-state index is 0.0605. The molecule has 1 fully saturated rings. The lowest BCUT2D eigenvalue weighted by atomic mass is 9.97. The monoisotopic (exact) mass is 441 g/mol. The molecule has 0 aliphatic carbocycles. The van der Waals surface area contributed by atoms with Crippen molar-refractivity contribution >= 4 is 17.6 Å². The van der Waals surface area contributed by atoms with Gasteiger partial charge in [0.2, 0.25) is 11.7 Å². The van der Waals surface area contributed by atoms with Crippen LogP contribution >= 0.6 is 0 Å². The summed E-state index contributed by atoms with van der Waals surface area (Å²) >= 11 is 0. The Morgan fingerprint density at radius 3 is 2.41 bits per heavy atom. The highest BCUT2D eigenvalue weighted by molar-refractivity contribution is 5.93. The van der Waals surface area contributed by atoms with Gasteiger partial charge in [0.1, 0.15) is 0 Å². The largest absolute Gasteiger partial charge is 0.493 e. The average molecular weight is 442 g/mol. The zero-order chi connectivity index (χ0) is 22.9.